The molecule has 0 saturated carbocycles. The fourth-order valence-corrected chi connectivity index (χ4v) is 5.38. The molecule has 2 aliphatic rings. The van der Waals surface area contributed by atoms with Crippen LogP contribution in [-0.4, -0.2) is 86.7 Å². The van der Waals surface area contributed by atoms with Gasteiger partial charge in [-0.2, -0.15) is 0 Å². The normalized spacial score (nSPS) is 13.7. The van der Waals surface area contributed by atoms with Crippen molar-refractivity contribution in [1.29, 1.82) is 0 Å². The molecule has 4 rings (SSSR count). The van der Waals surface area contributed by atoms with Gasteiger partial charge in [0.1, 0.15) is 11.6 Å². The van der Waals surface area contributed by atoms with E-state index in [0.29, 0.717) is 30.1 Å². The number of amides is 1. The number of carbonyl (C=O) groups is 2. The monoisotopic (exact) mass is 643 g/mol. The predicted octanol–water partition coefficient (Wildman–Crippen LogP) is 7.82. The number of benzene rings is 2. The molecule has 47 heavy (non-hydrogen) atoms. The topological polar surface area (TPSA) is 91.5 Å². The lowest BCUT2D eigenvalue weighted by Gasteiger charge is -2.20. The average Bonchev–Trinajstić information content (AvgIpc) is 3.54. The van der Waals surface area contributed by atoms with Crippen molar-refractivity contribution in [3.63, 3.8) is 0 Å². The number of amidine groups is 1. The molecule has 1 saturated heterocycles. The fraction of sp³-hybridized carbons (Fsp3) is 0.462. The van der Waals surface area contributed by atoms with Crippen molar-refractivity contribution >= 4 is 35.9 Å². The first-order valence-corrected chi connectivity index (χ1v) is 17.0. The molecule has 2 aliphatic heterocycles. The van der Waals surface area contributed by atoms with Crippen molar-refractivity contribution in [2.75, 3.05) is 53.9 Å². The number of nitrogens with two attached hydrogens (primary N) is 1. The Hall–Kier alpha value is -4.17. The first-order valence-electron chi connectivity index (χ1n) is 17.0. The van der Waals surface area contributed by atoms with Gasteiger partial charge in [0.15, 0.2) is 6.29 Å². The van der Waals surface area contributed by atoms with E-state index in [1.54, 1.807) is 19.3 Å². The van der Waals surface area contributed by atoms with Gasteiger partial charge in [0.2, 0.25) is 5.91 Å². The molecule has 1 amide bonds. The Labute approximate surface area is 283 Å². The Balaban J connectivity index is 0.000000603. The summed E-state index contributed by atoms with van der Waals surface area (Å²) in [6, 6.07) is 9.57. The van der Waals surface area contributed by atoms with Crippen LogP contribution in [0, 0.1) is 0 Å². The number of ether oxygens (including phenoxy) is 1. The van der Waals surface area contributed by atoms with E-state index in [4.69, 9.17) is 10.5 Å². The summed E-state index contributed by atoms with van der Waals surface area (Å²) in [5.74, 6) is 1.30. The smallest absolute Gasteiger partial charge is 0.242 e. The van der Waals surface area contributed by atoms with Crippen LogP contribution < -0.4 is 10.5 Å². The molecule has 2 aromatic rings. The summed E-state index contributed by atoms with van der Waals surface area (Å²) < 4.78 is 5.69. The molecule has 0 spiro atoms. The number of hydrogen-bond donors (Lipinski definition) is 1. The van der Waals surface area contributed by atoms with E-state index in [-0.39, 0.29) is 5.91 Å². The summed E-state index contributed by atoms with van der Waals surface area (Å²) in [6.07, 6.45) is 14.8. The van der Waals surface area contributed by atoms with Gasteiger partial charge in [0.25, 0.3) is 0 Å². The Kier molecular flexibility index (Phi) is 17.3. The van der Waals surface area contributed by atoms with E-state index in [1.807, 2.05) is 59.5 Å². The lowest BCUT2D eigenvalue weighted by molar-refractivity contribution is -0.130. The van der Waals surface area contributed by atoms with Crippen LogP contribution in [0.2, 0.25) is 0 Å². The minimum atomic E-state index is 0.120. The zero-order chi connectivity index (χ0) is 34.8. The maximum atomic E-state index is 12.4. The maximum Gasteiger partial charge on any atom is 0.242 e. The second kappa shape index (κ2) is 20.9. The second-order valence-electron chi connectivity index (χ2n) is 12.1. The molecule has 2 aromatic carbocycles. The van der Waals surface area contributed by atoms with Crippen LogP contribution in [0.5, 0.6) is 5.75 Å². The molecule has 2 heterocycles. The van der Waals surface area contributed by atoms with Gasteiger partial charge in [-0.3, -0.25) is 9.59 Å². The molecule has 256 valence electrons. The summed E-state index contributed by atoms with van der Waals surface area (Å²) >= 11 is 0. The van der Waals surface area contributed by atoms with Crippen molar-refractivity contribution in [3.05, 3.63) is 71.5 Å². The standard InChI is InChI=1S/C29H32N4O3.C7H17N.C3H8/c1-4-20-13-25-26(31-28(30)14-20)16-24(17-27(25)36-3)21-7-8-23(19-34)22(15-21)9-12-32(2)18-29(35)33-10-5-6-11-33;1-4-6-8(3)7-5-2;1-3-2/h4,7-9,12-13,15-17,19H,1,5-6,10-11,14,18H2,2-3H3,(H2,30,31);4-7H2,1-3H3;3H2,1-2H3/b12-9-;;. The van der Waals surface area contributed by atoms with E-state index in [0.717, 1.165) is 65.7 Å². The molecule has 0 bridgehead atoms. The number of carbonyl (C=O) groups excluding carboxylic acids is 2. The lowest BCUT2D eigenvalue weighted by Crippen LogP contribution is -2.35. The molecular formula is C39H57N5O3. The highest BCUT2D eigenvalue weighted by molar-refractivity contribution is 5.93. The van der Waals surface area contributed by atoms with Gasteiger partial charge in [-0.25, -0.2) is 4.99 Å². The summed E-state index contributed by atoms with van der Waals surface area (Å²) in [5.41, 5.74) is 11.8. The molecule has 0 aromatic heterocycles. The van der Waals surface area contributed by atoms with E-state index >= 15 is 0 Å². The summed E-state index contributed by atoms with van der Waals surface area (Å²) in [7, 11) is 5.66. The highest BCUT2D eigenvalue weighted by atomic mass is 16.5. The maximum absolute atomic E-state index is 12.4. The number of likely N-dealkylation sites (N-methyl/N-ethyl adjacent to an activating group) is 1. The van der Waals surface area contributed by atoms with Crippen LogP contribution in [0.1, 0.15) is 87.7 Å². The van der Waals surface area contributed by atoms with Crippen molar-refractivity contribution < 1.29 is 14.3 Å². The van der Waals surface area contributed by atoms with Gasteiger partial charge in [-0.05, 0) is 105 Å². The number of aldehydes is 1. The third kappa shape index (κ3) is 12.5. The van der Waals surface area contributed by atoms with Crippen LogP contribution in [0.25, 0.3) is 23.3 Å². The van der Waals surface area contributed by atoms with Crippen molar-refractivity contribution in [3.8, 4) is 16.9 Å². The SMILES string of the molecule is C=CC1=Cc2c(cc(-c3ccc(C=O)c(/C=C\N(C)CC(=O)N4CCCC4)c3)cc2OC)N=C(N)C1.CCC.CCCN(C)CCC. The van der Waals surface area contributed by atoms with Crippen LogP contribution in [-0.2, 0) is 4.79 Å². The number of aliphatic imine (C=N–C) groups is 1. The second-order valence-corrected chi connectivity index (χ2v) is 12.1. The van der Waals surface area contributed by atoms with Crippen LogP contribution in [0.3, 0.4) is 0 Å². The highest BCUT2D eigenvalue weighted by Gasteiger charge is 2.19. The third-order valence-corrected chi connectivity index (χ3v) is 7.69. The van der Waals surface area contributed by atoms with Crippen LogP contribution in [0.15, 0.2) is 59.8 Å². The number of nitrogens with zero attached hydrogens (tertiary/aromatic N) is 4. The zero-order valence-electron chi connectivity index (χ0n) is 29.8. The number of allylic oxidation sites excluding steroid dienone is 1. The lowest BCUT2D eigenvalue weighted by atomic mass is 9.96. The van der Waals surface area contributed by atoms with E-state index in [2.05, 4.69) is 51.2 Å². The van der Waals surface area contributed by atoms with E-state index in [9.17, 15) is 9.59 Å². The van der Waals surface area contributed by atoms with Crippen LogP contribution >= 0.6 is 0 Å². The number of rotatable bonds is 12. The first-order chi connectivity index (χ1) is 22.6. The van der Waals surface area contributed by atoms with Crippen molar-refractivity contribution in [2.24, 2.45) is 10.7 Å². The number of fused-ring (bicyclic) bond motifs is 1. The van der Waals surface area contributed by atoms with Gasteiger partial charge < -0.3 is 25.2 Å². The van der Waals surface area contributed by atoms with Crippen molar-refractivity contribution in [1.82, 2.24) is 14.7 Å². The minimum absolute atomic E-state index is 0.120. The Morgan fingerprint density at radius 3 is 2.26 bits per heavy atom. The zero-order valence-corrected chi connectivity index (χ0v) is 29.8. The van der Waals surface area contributed by atoms with Gasteiger partial charge in [-0.1, -0.05) is 58.9 Å². The molecule has 8 nitrogen and oxygen atoms in total. The summed E-state index contributed by atoms with van der Waals surface area (Å²) in [6.45, 7) is 17.0. The molecule has 0 radical (unpaired) electrons. The fourth-order valence-electron chi connectivity index (χ4n) is 5.38. The van der Waals surface area contributed by atoms with Gasteiger partial charge in [-0.15, -0.1) is 0 Å². The van der Waals surface area contributed by atoms with Crippen molar-refractivity contribution in [2.45, 2.75) is 66.2 Å². The van der Waals surface area contributed by atoms with Gasteiger partial charge >= 0.3 is 0 Å². The molecule has 0 atom stereocenters. The van der Waals surface area contributed by atoms with E-state index < -0.39 is 0 Å². The Morgan fingerprint density at radius 2 is 1.68 bits per heavy atom. The summed E-state index contributed by atoms with van der Waals surface area (Å²) in [5, 5.41) is 0. The first kappa shape index (κ1) is 39.0. The number of methoxy groups -OCH3 is 1. The molecule has 0 unspecified atom stereocenters. The quantitative estimate of drug-likeness (QED) is 0.237. The number of likely N-dealkylation sites (tertiary alicyclic amines) is 1. The average molecular weight is 644 g/mol. The predicted molar refractivity (Wildman–Crippen MR) is 199 cm³/mol. The molecule has 1 fully saturated rings. The molecule has 8 heteroatoms. The Bertz CT molecular complexity index is 1400. The third-order valence-electron chi connectivity index (χ3n) is 7.69. The van der Waals surface area contributed by atoms with Gasteiger partial charge in [0.05, 0.1) is 19.3 Å². The largest absolute Gasteiger partial charge is 0.496 e. The van der Waals surface area contributed by atoms with Gasteiger partial charge in [0, 0.05) is 37.7 Å². The molecular weight excluding hydrogens is 586 g/mol. The number of hydrogen-bond acceptors (Lipinski definition) is 7. The molecule has 2 N–H and O–H groups in total. The Morgan fingerprint density at radius 1 is 1.02 bits per heavy atom. The minimum Gasteiger partial charge on any atom is -0.496 e. The summed E-state index contributed by atoms with van der Waals surface area (Å²) in [4.78, 5) is 34.9. The highest BCUT2D eigenvalue weighted by Crippen LogP contribution is 2.39. The van der Waals surface area contributed by atoms with Crippen LogP contribution in [0.4, 0.5) is 5.69 Å². The van der Waals surface area contributed by atoms with E-state index in [1.165, 1.54) is 32.4 Å². The molecule has 0 aliphatic carbocycles.